The molecule has 0 saturated heterocycles. The van der Waals surface area contributed by atoms with Crippen LogP contribution in [-0.4, -0.2) is 15.6 Å². The number of carbonyl (C=O) groups excluding carboxylic acids is 1. The molecule has 1 aliphatic carbocycles. The topological polar surface area (TPSA) is 93.9 Å². The number of hydrogen-bond donors (Lipinski definition) is 1. The molecule has 2 N–H and O–H groups in total. The first-order valence-corrected chi connectivity index (χ1v) is 9.09. The van der Waals surface area contributed by atoms with Crippen LogP contribution in [0.4, 0.5) is 0 Å². The minimum atomic E-state index is -0.535. The van der Waals surface area contributed by atoms with E-state index in [2.05, 4.69) is 25.0 Å². The summed E-state index contributed by atoms with van der Waals surface area (Å²) in [6.45, 7) is 9.20. The zero-order chi connectivity index (χ0) is 19.1. The largest absolute Gasteiger partial charge is 0.444 e. The van der Waals surface area contributed by atoms with Crippen LogP contribution in [0, 0.1) is 22.7 Å². The number of aryl methyl sites for hydroxylation is 1. The number of rotatable bonds is 4. The number of nitriles is 1. The fraction of sp³-hybridized carbons (Fsp3) is 0.550. The van der Waals surface area contributed by atoms with Gasteiger partial charge < -0.3 is 10.5 Å². The molecule has 1 aromatic rings. The smallest absolute Gasteiger partial charge is 0.205 e. The van der Waals surface area contributed by atoms with E-state index in [1.165, 1.54) is 0 Å². The highest BCUT2D eigenvalue weighted by Crippen LogP contribution is 2.47. The summed E-state index contributed by atoms with van der Waals surface area (Å²) < 4.78 is 7.56. The fourth-order valence-corrected chi connectivity index (χ4v) is 3.63. The van der Waals surface area contributed by atoms with Crippen LogP contribution in [0.15, 0.2) is 35.1 Å². The summed E-state index contributed by atoms with van der Waals surface area (Å²) in [4.78, 5) is 12.9. The highest BCUT2D eigenvalue weighted by molar-refractivity contribution is 5.99. The van der Waals surface area contributed by atoms with Gasteiger partial charge in [0, 0.05) is 31.2 Å². The van der Waals surface area contributed by atoms with Crippen molar-refractivity contribution in [1.82, 2.24) is 9.78 Å². The molecule has 2 aliphatic rings. The van der Waals surface area contributed by atoms with Crippen molar-refractivity contribution >= 4 is 5.78 Å². The van der Waals surface area contributed by atoms with E-state index in [0.29, 0.717) is 35.8 Å². The molecule has 0 unspecified atom stereocenters. The lowest BCUT2D eigenvalue weighted by Crippen LogP contribution is -2.33. The zero-order valence-electron chi connectivity index (χ0n) is 15.9. The molecule has 0 amide bonds. The van der Waals surface area contributed by atoms with E-state index >= 15 is 0 Å². The lowest BCUT2D eigenvalue weighted by molar-refractivity contribution is -0.119. The van der Waals surface area contributed by atoms with E-state index in [0.717, 1.165) is 13.0 Å². The van der Waals surface area contributed by atoms with Crippen LogP contribution in [0.2, 0.25) is 0 Å². The van der Waals surface area contributed by atoms with E-state index in [9.17, 15) is 10.1 Å². The summed E-state index contributed by atoms with van der Waals surface area (Å²) in [6.07, 6.45) is 3.96. The minimum Gasteiger partial charge on any atom is -0.444 e. The summed E-state index contributed by atoms with van der Waals surface area (Å²) in [5, 5.41) is 14.3. The Morgan fingerprint density at radius 3 is 2.85 bits per heavy atom. The van der Waals surface area contributed by atoms with Crippen LogP contribution in [0.1, 0.15) is 58.6 Å². The summed E-state index contributed by atoms with van der Waals surface area (Å²) in [5.74, 6) is 0.723. The average Bonchev–Trinajstić information content (AvgIpc) is 2.99. The number of ether oxygens (including phenoxy) is 1. The Morgan fingerprint density at radius 2 is 2.19 bits per heavy atom. The van der Waals surface area contributed by atoms with Crippen LogP contribution in [-0.2, 0) is 16.1 Å². The van der Waals surface area contributed by atoms with Gasteiger partial charge in [0.2, 0.25) is 5.88 Å². The SMILES string of the molecule is CC(C)CCn1ccc([C@@H]2C(C#N)=C(N)OC3=C2C(=O)CC(C)(C)C3)n1. The van der Waals surface area contributed by atoms with Gasteiger partial charge in [0.1, 0.15) is 17.4 Å². The van der Waals surface area contributed by atoms with Crippen molar-refractivity contribution in [2.75, 3.05) is 0 Å². The first-order valence-electron chi connectivity index (χ1n) is 9.09. The fourth-order valence-electron chi connectivity index (χ4n) is 3.63. The van der Waals surface area contributed by atoms with Crippen molar-refractivity contribution in [2.24, 2.45) is 17.1 Å². The Hall–Kier alpha value is -2.55. The number of hydrogen-bond acceptors (Lipinski definition) is 5. The molecular formula is C20H26N4O2. The van der Waals surface area contributed by atoms with Gasteiger partial charge in [-0.15, -0.1) is 0 Å². The Morgan fingerprint density at radius 1 is 1.46 bits per heavy atom. The average molecular weight is 354 g/mol. The third kappa shape index (κ3) is 3.39. The highest BCUT2D eigenvalue weighted by Gasteiger charge is 2.43. The molecule has 26 heavy (non-hydrogen) atoms. The second-order valence-corrected chi connectivity index (χ2v) is 8.39. The number of carbonyl (C=O) groups is 1. The van der Waals surface area contributed by atoms with E-state index in [-0.39, 0.29) is 22.7 Å². The number of nitrogens with two attached hydrogens (primary N) is 1. The van der Waals surface area contributed by atoms with E-state index in [4.69, 9.17) is 10.5 Å². The van der Waals surface area contributed by atoms with Crippen molar-refractivity contribution in [3.63, 3.8) is 0 Å². The zero-order valence-corrected chi connectivity index (χ0v) is 15.9. The van der Waals surface area contributed by atoms with Crippen molar-refractivity contribution < 1.29 is 9.53 Å². The van der Waals surface area contributed by atoms with Gasteiger partial charge in [0.15, 0.2) is 5.78 Å². The molecular weight excluding hydrogens is 328 g/mol. The molecule has 2 heterocycles. The second-order valence-electron chi connectivity index (χ2n) is 8.39. The third-order valence-corrected chi connectivity index (χ3v) is 4.97. The lowest BCUT2D eigenvalue weighted by atomic mass is 9.71. The van der Waals surface area contributed by atoms with Gasteiger partial charge in [0.25, 0.3) is 0 Å². The maximum Gasteiger partial charge on any atom is 0.205 e. The predicted octanol–water partition coefficient (Wildman–Crippen LogP) is 3.38. The molecule has 6 nitrogen and oxygen atoms in total. The maximum atomic E-state index is 12.9. The number of ketones is 1. The summed E-state index contributed by atoms with van der Waals surface area (Å²) in [7, 11) is 0. The number of Topliss-reactive ketones (excluding diaryl/α,β-unsaturated/α-hetero) is 1. The molecule has 0 saturated carbocycles. The van der Waals surface area contributed by atoms with Crippen LogP contribution in [0.3, 0.4) is 0 Å². The molecule has 1 aromatic heterocycles. The van der Waals surface area contributed by atoms with Gasteiger partial charge in [-0.1, -0.05) is 27.7 Å². The van der Waals surface area contributed by atoms with Gasteiger partial charge in [-0.3, -0.25) is 9.48 Å². The Labute approximate surface area is 154 Å². The van der Waals surface area contributed by atoms with Gasteiger partial charge in [-0.05, 0) is 23.8 Å². The molecule has 1 atom stereocenters. The van der Waals surface area contributed by atoms with Gasteiger partial charge in [-0.25, -0.2) is 0 Å². The molecule has 138 valence electrons. The van der Waals surface area contributed by atoms with Crippen molar-refractivity contribution in [3.8, 4) is 6.07 Å². The first kappa shape index (κ1) is 18.2. The Balaban J connectivity index is 2.01. The molecule has 0 aromatic carbocycles. The molecule has 0 radical (unpaired) electrons. The summed E-state index contributed by atoms with van der Waals surface area (Å²) in [5.41, 5.74) is 7.33. The number of nitrogens with zero attached hydrogens (tertiary/aromatic N) is 3. The van der Waals surface area contributed by atoms with E-state index in [1.54, 1.807) is 0 Å². The highest BCUT2D eigenvalue weighted by atomic mass is 16.5. The minimum absolute atomic E-state index is 0.0123. The van der Waals surface area contributed by atoms with Crippen LogP contribution >= 0.6 is 0 Å². The molecule has 3 rings (SSSR count). The summed E-state index contributed by atoms with van der Waals surface area (Å²) >= 11 is 0. The molecule has 0 bridgehead atoms. The van der Waals surface area contributed by atoms with Crippen LogP contribution in [0.25, 0.3) is 0 Å². The first-order chi connectivity index (χ1) is 12.2. The van der Waals surface area contributed by atoms with Crippen LogP contribution in [0.5, 0.6) is 0 Å². The standard InChI is InChI=1S/C20H26N4O2/c1-12(2)5-7-24-8-6-14(23-24)17-13(11-21)19(22)26-16-10-20(3,4)9-15(25)18(16)17/h6,8,12,17H,5,7,9-10,22H2,1-4H3/t17-/m0/s1. The van der Waals surface area contributed by atoms with Crippen molar-refractivity contribution in [2.45, 2.75) is 59.4 Å². The Bertz CT molecular complexity index is 836. The quantitative estimate of drug-likeness (QED) is 0.894. The Kier molecular flexibility index (Phi) is 4.66. The van der Waals surface area contributed by atoms with E-state index in [1.807, 2.05) is 30.8 Å². The lowest BCUT2D eigenvalue weighted by Gasteiger charge is -2.36. The molecule has 0 fully saturated rings. The van der Waals surface area contributed by atoms with Gasteiger partial charge >= 0.3 is 0 Å². The normalized spacial score (nSPS) is 22.3. The van der Waals surface area contributed by atoms with Gasteiger partial charge in [-0.2, -0.15) is 10.4 Å². The second kappa shape index (κ2) is 6.64. The summed E-state index contributed by atoms with van der Waals surface area (Å²) in [6, 6.07) is 4.00. The van der Waals surface area contributed by atoms with Crippen molar-refractivity contribution in [3.05, 3.63) is 40.7 Å². The molecule has 6 heteroatoms. The van der Waals surface area contributed by atoms with Crippen LogP contribution < -0.4 is 5.73 Å². The number of allylic oxidation sites excluding steroid dienone is 3. The monoisotopic (exact) mass is 354 g/mol. The third-order valence-electron chi connectivity index (χ3n) is 4.97. The van der Waals surface area contributed by atoms with E-state index < -0.39 is 5.92 Å². The number of aromatic nitrogens is 2. The predicted molar refractivity (Wildman–Crippen MR) is 97.4 cm³/mol. The van der Waals surface area contributed by atoms with Gasteiger partial charge in [0.05, 0.1) is 11.6 Å². The molecule has 0 spiro atoms. The molecule has 1 aliphatic heterocycles. The van der Waals surface area contributed by atoms with Crippen molar-refractivity contribution in [1.29, 1.82) is 5.26 Å². The maximum absolute atomic E-state index is 12.9.